The number of hydrogen-bond donors (Lipinski definition) is 1. The Morgan fingerprint density at radius 1 is 1.30 bits per heavy atom. The Kier molecular flexibility index (Phi) is 2.63. The first-order valence-corrected chi connectivity index (χ1v) is 4.03. The first-order chi connectivity index (χ1) is 4.83. The summed E-state index contributed by atoms with van der Waals surface area (Å²) in [6.45, 7) is 1.98. The van der Waals surface area contributed by atoms with Crippen LogP contribution in [0.25, 0.3) is 0 Å². The molecule has 0 unspecified atom stereocenters. The van der Waals surface area contributed by atoms with Gasteiger partial charge in [0.25, 0.3) is 0 Å². The Morgan fingerprint density at radius 3 is 2.40 bits per heavy atom. The monoisotopic (exact) mass is 156 g/mol. The molecule has 0 radical (unpaired) electrons. The highest BCUT2D eigenvalue weighted by Crippen LogP contribution is 2.09. The van der Waals surface area contributed by atoms with Crippen molar-refractivity contribution in [1.82, 2.24) is 0 Å². The fourth-order valence-electron chi connectivity index (χ4n) is 0.676. The summed E-state index contributed by atoms with van der Waals surface area (Å²) in [5, 5.41) is 2.02. The van der Waals surface area contributed by atoms with Gasteiger partial charge in [-0.3, -0.25) is 0 Å². The lowest BCUT2D eigenvalue weighted by atomic mass is 10.4. The molecule has 0 aliphatic carbocycles. The molecule has 0 heterocycles. The van der Waals surface area contributed by atoms with Crippen LogP contribution in [-0.4, -0.2) is 5.37 Å². The van der Waals surface area contributed by atoms with Crippen LogP contribution in [0.2, 0.25) is 0 Å². The molecule has 0 saturated heterocycles. The third kappa shape index (κ3) is 1.95. The second-order valence-corrected chi connectivity index (χ2v) is 3.15. The highest BCUT2D eigenvalue weighted by atomic mass is 32.1. The van der Waals surface area contributed by atoms with Crippen molar-refractivity contribution in [2.24, 2.45) is 0 Å². The molecule has 0 aliphatic rings. The molecule has 0 bridgehead atoms. The van der Waals surface area contributed by atoms with Crippen molar-refractivity contribution in [2.75, 3.05) is 0 Å². The Labute approximate surface area is 63.7 Å². The molecule has 0 amide bonds. The van der Waals surface area contributed by atoms with E-state index in [1.165, 1.54) is 12.1 Å². The predicted molar refractivity (Wildman–Crippen MR) is 45.4 cm³/mol. The highest BCUT2D eigenvalue weighted by molar-refractivity contribution is 7.97. The van der Waals surface area contributed by atoms with E-state index in [2.05, 4.69) is 0 Å². The smallest absolute Gasteiger partial charge is 0.123 e. The van der Waals surface area contributed by atoms with E-state index in [1.807, 2.05) is 12.3 Å². The zero-order chi connectivity index (χ0) is 7.40. The quantitative estimate of drug-likeness (QED) is 0.468. The van der Waals surface area contributed by atoms with Crippen LogP contribution in [0, 0.1) is 5.82 Å². The lowest BCUT2D eigenvalue weighted by Gasteiger charge is -1.90. The SMILES string of the molecule is CC=[SH]c1ccc(F)cc1. The standard InChI is InChI=1S/C8H9FS/c1-2-10-8-5-3-7(9)4-6-8/h2-6,10H,1H3. The summed E-state index contributed by atoms with van der Waals surface area (Å²) in [5.41, 5.74) is 0. The number of thiol groups is 1. The fourth-order valence-corrected chi connectivity index (χ4v) is 1.30. The first-order valence-electron chi connectivity index (χ1n) is 3.07. The van der Waals surface area contributed by atoms with Crippen molar-refractivity contribution >= 4 is 16.7 Å². The van der Waals surface area contributed by atoms with Gasteiger partial charge in [0.05, 0.1) is 0 Å². The van der Waals surface area contributed by atoms with Gasteiger partial charge >= 0.3 is 0 Å². The van der Waals surface area contributed by atoms with Crippen molar-refractivity contribution in [3.05, 3.63) is 30.1 Å². The van der Waals surface area contributed by atoms with Gasteiger partial charge in [-0.2, -0.15) is 11.4 Å². The minimum atomic E-state index is -0.171. The molecule has 0 spiro atoms. The molecule has 0 aliphatic heterocycles. The molecule has 1 aromatic carbocycles. The zero-order valence-electron chi connectivity index (χ0n) is 5.71. The maximum absolute atomic E-state index is 12.3. The number of benzene rings is 1. The van der Waals surface area contributed by atoms with Crippen LogP contribution in [0.5, 0.6) is 0 Å². The number of hydrogen-bond acceptors (Lipinski definition) is 0. The van der Waals surface area contributed by atoms with Crippen LogP contribution >= 0.6 is 11.4 Å². The average molecular weight is 156 g/mol. The maximum Gasteiger partial charge on any atom is 0.123 e. The summed E-state index contributed by atoms with van der Waals surface area (Å²) in [7, 11) is 0. The van der Waals surface area contributed by atoms with Gasteiger partial charge in [0.2, 0.25) is 0 Å². The van der Waals surface area contributed by atoms with Gasteiger partial charge in [-0.1, -0.05) is 5.37 Å². The van der Waals surface area contributed by atoms with Crippen molar-refractivity contribution in [1.29, 1.82) is 0 Å². The third-order valence-electron chi connectivity index (χ3n) is 1.10. The van der Waals surface area contributed by atoms with Crippen molar-refractivity contribution < 1.29 is 4.39 Å². The molecule has 1 aromatic rings. The third-order valence-corrected chi connectivity index (χ3v) is 1.96. The topological polar surface area (TPSA) is 0 Å². The second-order valence-electron chi connectivity index (χ2n) is 1.86. The minimum absolute atomic E-state index is 0.171. The van der Waals surface area contributed by atoms with Crippen LogP contribution in [0.1, 0.15) is 6.92 Å². The lowest BCUT2D eigenvalue weighted by Crippen LogP contribution is -1.70. The normalized spacial score (nSPS) is 11.4. The summed E-state index contributed by atoms with van der Waals surface area (Å²) >= 11 is 1.14. The van der Waals surface area contributed by atoms with Gasteiger partial charge in [0.15, 0.2) is 0 Å². The molecule has 2 heteroatoms. The maximum atomic E-state index is 12.3. The Morgan fingerprint density at radius 2 is 1.90 bits per heavy atom. The molecular formula is C8H9FS. The van der Waals surface area contributed by atoms with Crippen molar-refractivity contribution in [3.8, 4) is 0 Å². The molecule has 54 valence electrons. The van der Waals surface area contributed by atoms with Crippen molar-refractivity contribution in [3.63, 3.8) is 0 Å². The van der Waals surface area contributed by atoms with E-state index in [0.717, 1.165) is 16.2 Å². The van der Waals surface area contributed by atoms with Gasteiger partial charge in [-0.25, -0.2) is 4.39 Å². The molecule has 0 atom stereocenters. The summed E-state index contributed by atoms with van der Waals surface area (Å²) in [5.74, 6) is -0.171. The van der Waals surface area contributed by atoms with Crippen LogP contribution in [-0.2, 0) is 0 Å². The molecule has 1 rings (SSSR count). The van der Waals surface area contributed by atoms with Gasteiger partial charge in [-0.05, 0) is 36.1 Å². The highest BCUT2D eigenvalue weighted by Gasteiger charge is 1.86. The summed E-state index contributed by atoms with van der Waals surface area (Å²) < 4.78 is 12.3. The van der Waals surface area contributed by atoms with E-state index >= 15 is 0 Å². The van der Waals surface area contributed by atoms with Gasteiger partial charge in [-0.15, -0.1) is 0 Å². The van der Waals surface area contributed by atoms with Crippen LogP contribution in [0.15, 0.2) is 29.2 Å². The fraction of sp³-hybridized carbons (Fsp3) is 0.125. The van der Waals surface area contributed by atoms with E-state index in [4.69, 9.17) is 0 Å². The molecule has 0 N–H and O–H groups in total. The van der Waals surface area contributed by atoms with Crippen LogP contribution < -0.4 is 0 Å². The summed E-state index contributed by atoms with van der Waals surface area (Å²) in [4.78, 5) is 1.13. The lowest BCUT2D eigenvalue weighted by molar-refractivity contribution is 0.626. The zero-order valence-corrected chi connectivity index (χ0v) is 6.61. The van der Waals surface area contributed by atoms with Gasteiger partial charge in [0.1, 0.15) is 5.82 Å². The first kappa shape index (κ1) is 7.48. The van der Waals surface area contributed by atoms with E-state index in [1.54, 1.807) is 12.1 Å². The molecule has 0 aromatic heterocycles. The number of rotatable bonds is 1. The summed E-state index contributed by atoms with van der Waals surface area (Å²) in [6, 6.07) is 6.53. The summed E-state index contributed by atoms with van der Waals surface area (Å²) in [6.07, 6.45) is 0. The van der Waals surface area contributed by atoms with E-state index in [9.17, 15) is 4.39 Å². The molecular weight excluding hydrogens is 147 g/mol. The van der Waals surface area contributed by atoms with Crippen LogP contribution in [0.4, 0.5) is 4.39 Å². The average Bonchev–Trinajstić information content (AvgIpc) is 1.95. The van der Waals surface area contributed by atoms with Crippen LogP contribution in [0.3, 0.4) is 0 Å². The second kappa shape index (κ2) is 3.52. The molecule has 0 fully saturated rings. The van der Waals surface area contributed by atoms with Gasteiger partial charge in [0, 0.05) is 0 Å². The predicted octanol–water partition coefficient (Wildman–Crippen LogP) is 2.47. The Balaban J connectivity index is 2.89. The Bertz CT molecular complexity index is 226. The van der Waals surface area contributed by atoms with E-state index in [0.29, 0.717) is 0 Å². The van der Waals surface area contributed by atoms with Gasteiger partial charge < -0.3 is 0 Å². The number of halogens is 1. The largest absolute Gasteiger partial charge is 0.207 e. The molecule has 10 heavy (non-hydrogen) atoms. The van der Waals surface area contributed by atoms with Crippen molar-refractivity contribution in [2.45, 2.75) is 11.8 Å². The minimum Gasteiger partial charge on any atom is -0.207 e. The Hall–Kier alpha value is -0.630. The molecule has 0 nitrogen and oxygen atoms in total. The van der Waals surface area contributed by atoms with E-state index in [-0.39, 0.29) is 5.82 Å². The molecule has 0 saturated carbocycles. The van der Waals surface area contributed by atoms with E-state index < -0.39 is 0 Å².